The lowest BCUT2D eigenvalue weighted by atomic mass is 10.1. The molecule has 1 N–H and O–H groups in total. The van der Waals surface area contributed by atoms with Crippen LogP contribution >= 0.6 is 11.6 Å². The monoisotopic (exact) mass is 274 g/mol. The van der Waals surface area contributed by atoms with Crippen LogP contribution in [-0.4, -0.2) is 17.6 Å². The van der Waals surface area contributed by atoms with Crippen molar-refractivity contribution in [3.63, 3.8) is 0 Å². The van der Waals surface area contributed by atoms with Crippen molar-refractivity contribution in [2.75, 3.05) is 11.9 Å². The number of allylic oxidation sites excluding steroid dienone is 1. The molecule has 1 unspecified atom stereocenters. The highest BCUT2D eigenvalue weighted by Gasteiger charge is 2.12. The lowest BCUT2D eigenvalue weighted by Crippen LogP contribution is -2.23. The molecule has 0 radical (unpaired) electrons. The summed E-state index contributed by atoms with van der Waals surface area (Å²) in [5, 5.41) is 5.10. The Balaban J connectivity index is 1.81. The van der Waals surface area contributed by atoms with Gasteiger partial charge in [0.25, 0.3) is 0 Å². The molecule has 3 nitrogen and oxygen atoms in total. The van der Waals surface area contributed by atoms with Crippen LogP contribution in [0.5, 0.6) is 0 Å². The lowest BCUT2D eigenvalue weighted by molar-refractivity contribution is 0.135. The van der Waals surface area contributed by atoms with Gasteiger partial charge in [0, 0.05) is 11.6 Å². The molecule has 1 aliphatic heterocycles. The van der Waals surface area contributed by atoms with Gasteiger partial charge in [-0.3, -0.25) is 4.98 Å². The van der Waals surface area contributed by atoms with Gasteiger partial charge in [-0.1, -0.05) is 11.6 Å². The molecule has 1 aromatic heterocycles. The largest absolute Gasteiger partial charge is 0.497 e. The van der Waals surface area contributed by atoms with Gasteiger partial charge in [-0.25, -0.2) is 0 Å². The van der Waals surface area contributed by atoms with Gasteiger partial charge < -0.3 is 10.1 Å². The topological polar surface area (TPSA) is 34.1 Å². The maximum absolute atomic E-state index is 6.18. The van der Waals surface area contributed by atoms with E-state index in [1.54, 1.807) is 12.5 Å². The first-order chi connectivity index (χ1) is 9.34. The number of halogens is 1. The van der Waals surface area contributed by atoms with Crippen molar-refractivity contribution in [2.24, 2.45) is 0 Å². The molecule has 0 fully saturated rings. The second kappa shape index (κ2) is 5.49. The summed E-state index contributed by atoms with van der Waals surface area (Å²) in [4.78, 5) is 4.40. The molecule has 1 aromatic carbocycles. The van der Waals surface area contributed by atoms with E-state index in [0.717, 1.165) is 41.0 Å². The summed E-state index contributed by atoms with van der Waals surface area (Å²) in [6, 6.07) is 7.74. The van der Waals surface area contributed by atoms with Crippen LogP contribution in [-0.2, 0) is 4.74 Å². The summed E-state index contributed by atoms with van der Waals surface area (Å²) >= 11 is 6.18. The first-order valence-corrected chi connectivity index (χ1v) is 6.80. The van der Waals surface area contributed by atoms with E-state index in [9.17, 15) is 0 Å². The SMILES string of the molecule is Clc1ccc(NCC2CCC=CO2)c2ncccc12. The molecular formula is C15H15ClN2O. The van der Waals surface area contributed by atoms with E-state index in [1.807, 2.05) is 24.3 Å². The number of aromatic nitrogens is 1. The van der Waals surface area contributed by atoms with Gasteiger partial charge >= 0.3 is 0 Å². The fourth-order valence-electron chi connectivity index (χ4n) is 2.24. The first-order valence-electron chi connectivity index (χ1n) is 6.42. The Labute approximate surface area is 117 Å². The maximum atomic E-state index is 6.18. The molecule has 19 heavy (non-hydrogen) atoms. The lowest BCUT2D eigenvalue weighted by Gasteiger charge is -2.20. The van der Waals surface area contributed by atoms with Gasteiger partial charge in [-0.15, -0.1) is 0 Å². The van der Waals surface area contributed by atoms with Crippen molar-refractivity contribution in [3.05, 3.63) is 47.8 Å². The summed E-state index contributed by atoms with van der Waals surface area (Å²) in [5.74, 6) is 0. The summed E-state index contributed by atoms with van der Waals surface area (Å²) in [7, 11) is 0. The fraction of sp³-hybridized carbons (Fsp3) is 0.267. The van der Waals surface area contributed by atoms with E-state index in [2.05, 4.69) is 16.4 Å². The highest BCUT2D eigenvalue weighted by atomic mass is 35.5. The molecule has 0 saturated heterocycles. The minimum absolute atomic E-state index is 0.222. The standard InChI is InChI=1S/C15H15ClN2O/c16-13-6-7-14(15-12(13)5-3-8-17-15)18-10-11-4-1-2-9-19-11/h2-3,5-9,11,18H,1,4,10H2. The number of pyridine rings is 1. The third-order valence-corrected chi connectivity index (χ3v) is 3.59. The Morgan fingerprint density at radius 2 is 2.32 bits per heavy atom. The van der Waals surface area contributed by atoms with Crippen LogP contribution in [0.1, 0.15) is 12.8 Å². The molecule has 2 aromatic rings. The minimum atomic E-state index is 0.222. The number of rotatable bonds is 3. The van der Waals surface area contributed by atoms with Crippen molar-refractivity contribution in [1.29, 1.82) is 0 Å². The molecule has 0 spiro atoms. The summed E-state index contributed by atoms with van der Waals surface area (Å²) in [6.07, 6.45) is 7.96. The van der Waals surface area contributed by atoms with Gasteiger partial charge in [0.15, 0.2) is 0 Å². The van der Waals surface area contributed by atoms with Gasteiger partial charge in [0.1, 0.15) is 6.10 Å². The minimum Gasteiger partial charge on any atom is -0.497 e. The van der Waals surface area contributed by atoms with Crippen molar-refractivity contribution >= 4 is 28.2 Å². The number of anilines is 1. The molecule has 3 rings (SSSR count). The highest BCUT2D eigenvalue weighted by molar-refractivity contribution is 6.35. The molecule has 1 aliphatic rings. The number of nitrogens with one attached hydrogen (secondary N) is 1. The van der Waals surface area contributed by atoms with Crippen molar-refractivity contribution in [1.82, 2.24) is 4.98 Å². The molecule has 0 saturated carbocycles. The van der Waals surface area contributed by atoms with Crippen molar-refractivity contribution < 1.29 is 4.74 Å². The van der Waals surface area contributed by atoms with Crippen molar-refractivity contribution in [3.8, 4) is 0 Å². The molecule has 4 heteroatoms. The Morgan fingerprint density at radius 1 is 1.37 bits per heavy atom. The molecule has 98 valence electrons. The van der Waals surface area contributed by atoms with Crippen LogP contribution in [0.2, 0.25) is 5.02 Å². The first kappa shape index (κ1) is 12.3. The van der Waals surface area contributed by atoms with E-state index >= 15 is 0 Å². The number of hydrogen-bond acceptors (Lipinski definition) is 3. The zero-order chi connectivity index (χ0) is 13.1. The van der Waals surface area contributed by atoms with Crippen LogP contribution in [0.15, 0.2) is 42.8 Å². The van der Waals surface area contributed by atoms with Gasteiger partial charge in [0.2, 0.25) is 0 Å². The number of hydrogen-bond donors (Lipinski definition) is 1. The normalized spacial score (nSPS) is 18.3. The average molecular weight is 275 g/mol. The summed E-state index contributed by atoms with van der Waals surface area (Å²) < 4.78 is 5.55. The van der Waals surface area contributed by atoms with Gasteiger partial charge in [-0.2, -0.15) is 0 Å². The van der Waals surface area contributed by atoms with Crippen LogP contribution in [0.25, 0.3) is 10.9 Å². The fourth-order valence-corrected chi connectivity index (χ4v) is 2.45. The molecular weight excluding hydrogens is 260 g/mol. The molecule has 0 amide bonds. The third-order valence-electron chi connectivity index (χ3n) is 3.26. The van der Waals surface area contributed by atoms with Crippen LogP contribution in [0, 0.1) is 0 Å². The van der Waals surface area contributed by atoms with E-state index in [0.29, 0.717) is 0 Å². The highest BCUT2D eigenvalue weighted by Crippen LogP contribution is 2.28. The predicted octanol–water partition coefficient (Wildman–Crippen LogP) is 3.99. The Morgan fingerprint density at radius 3 is 3.16 bits per heavy atom. The number of benzene rings is 1. The zero-order valence-electron chi connectivity index (χ0n) is 10.5. The third kappa shape index (κ3) is 2.66. The van der Waals surface area contributed by atoms with Gasteiger partial charge in [0.05, 0.1) is 29.0 Å². The summed E-state index contributed by atoms with van der Waals surface area (Å²) in [5.41, 5.74) is 1.90. The molecule has 0 bridgehead atoms. The Kier molecular flexibility index (Phi) is 3.56. The second-order valence-electron chi connectivity index (χ2n) is 4.58. The van der Waals surface area contributed by atoms with E-state index in [4.69, 9.17) is 16.3 Å². The zero-order valence-corrected chi connectivity index (χ0v) is 11.2. The predicted molar refractivity (Wildman–Crippen MR) is 78.5 cm³/mol. The molecule has 1 atom stereocenters. The smallest absolute Gasteiger partial charge is 0.115 e. The van der Waals surface area contributed by atoms with Crippen LogP contribution in [0.4, 0.5) is 5.69 Å². The van der Waals surface area contributed by atoms with E-state index in [-0.39, 0.29) is 6.10 Å². The Hall–Kier alpha value is -1.74. The quantitative estimate of drug-likeness (QED) is 0.919. The number of fused-ring (bicyclic) bond motifs is 1. The van der Waals surface area contributed by atoms with E-state index in [1.165, 1.54) is 0 Å². The van der Waals surface area contributed by atoms with Crippen LogP contribution in [0.3, 0.4) is 0 Å². The molecule has 0 aliphatic carbocycles. The molecule has 2 heterocycles. The average Bonchev–Trinajstić information content (AvgIpc) is 2.48. The summed E-state index contributed by atoms with van der Waals surface area (Å²) in [6.45, 7) is 0.775. The number of ether oxygens (including phenoxy) is 1. The maximum Gasteiger partial charge on any atom is 0.115 e. The second-order valence-corrected chi connectivity index (χ2v) is 4.99. The van der Waals surface area contributed by atoms with E-state index < -0.39 is 0 Å². The van der Waals surface area contributed by atoms with Crippen molar-refractivity contribution in [2.45, 2.75) is 18.9 Å². The Bertz CT molecular complexity index is 612. The van der Waals surface area contributed by atoms with Crippen LogP contribution < -0.4 is 5.32 Å². The van der Waals surface area contributed by atoms with Gasteiger partial charge in [-0.05, 0) is 43.2 Å². The number of nitrogens with zero attached hydrogens (tertiary/aromatic N) is 1.